The van der Waals surface area contributed by atoms with E-state index in [4.69, 9.17) is 9.84 Å². The number of hydrogen-bond donors (Lipinski definition) is 2. The molecule has 2 N–H and O–H groups in total. The van der Waals surface area contributed by atoms with Crippen LogP contribution in [0.1, 0.15) is 49.8 Å². The third-order valence-corrected chi connectivity index (χ3v) is 4.98. The fourth-order valence-corrected chi connectivity index (χ4v) is 3.19. The van der Waals surface area contributed by atoms with Crippen molar-refractivity contribution in [3.05, 3.63) is 65.2 Å². The molecule has 2 aromatic rings. The van der Waals surface area contributed by atoms with Crippen molar-refractivity contribution in [1.82, 2.24) is 5.43 Å². The number of para-hydroxylation sites is 1. The average Bonchev–Trinajstić information content (AvgIpc) is 3.47. The summed E-state index contributed by atoms with van der Waals surface area (Å²) in [7, 11) is 0. The van der Waals surface area contributed by atoms with Gasteiger partial charge in [0.2, 0.25) is 5.91 Å². The van der Waals surface area contributed by atoms with Gasteiger partial charge in [0, 0.05) is 11.5 Å². The van der Waals surface area contributed by atoms with Crippen LogP contribution in [-0.4, -0.2) is 29.8 Å². The first-order valence-corrected chi connectivity index (χ1v) is 9.62. The van der Waals surface area contributed by atoms with Gasteiger partial charge in [-0.05, 0) is 41.0 Å². The van der Waals surface area contributed by atoms with E-state index in [0.717, 1.165) is 6.42 Å². The van der Waals surface area contributed by atoms with Crippen LogP contribution in [0.25, 0.3) is 0 Å². The second kappa shape index (κ2) is 8.47. The second-order valence-electron chi connectivity index (χ2n) is 8.28. The number of hydrogen-bond acceptors (Lipinski definition) is 4. The summed E-state index contributed by atoms with van der Waals surface area (Å²) in [6.07, 6.45) is 2.28. The summed E-state index contributed by atoms with van der Waals surface area (Å²) in [4.78, 5) is 23.0. The van der Waals surface area contributed by atoms with Gasteiger partial charge in [0.05, 0.1) is 6.21 Å². The van der Waals surface area contributed by atoms with Crippen LogP contribution in [0.3, 0.4) is 0 Å². The second-order valence-corrected chi connectivity index (χ2v) is 8.28. The van der Waals surface area contributed by atoms with Gasteiger partial charge in [0.25, 0.3) is 0 Å². The zero-order valence-corrected chi connectivity index (χ0v) is 16.9. The van der Waals surface area contributed by atoms with E-state index in [0.29, 0.717) is 11.3 Å². The Hall–Kier alpha value is -3.15. The van der Waals surface area contributed by atoms with Crippen LogP contribution >= 0.6 is 0 Å². The van der Waals surface area contributed by atoms with Crippen molar-refractivity contribution in [1.29, 1.82) is 0 Å². The van der Waals surface area contributed by atoms with E-state index in [-0.39, 0.29) is 23.2 Å². The molecule has 29 heavy (non-hydrogen) atoms. The molecular formula is C23H26N2O4. The number of carbonyl (C=O) groups is 2. The third kappa shape index (κ3) is 5.44. The van der Waals surface area contributed by atoms with Gasteiger partial charge in [0.1, 0.15) is 5.75 Å². The minimum atomic E-state index is -1.06. The van der Waals surface area contributed by atoms with Gasteiger partial charge in [-0.1, -0.05) is 57.2 Å². The number of rotatable bonds is 7. The van der Waals surface area contributed by atoms with Crippen molar-refractivity contribution < 1.29 is 19.4 Å². The molecule has 0 aliphatic heterocycles. The molecule has 0 unspecified atom stereocenters. The quantitative estimate of drug-likeness (QED) is 0.554. The number of nitrogens with one attached hydrogen (secondary N) is 1. The summed E-state index contributed by atoms with van der Waals surface area (Å²) >= 11 is 0. The molecule has 1 fully saturated rings. The minimum absolute atomic E-state index is 0.0776. The molecule has 0 spiro atoms. The summed E-state index contributed by atoms with van der Waals surface area (Å²) < 4.78 is 5.22. The van der Waals surface area contributed by atoms with Crippen LogP contribution in [0.15, 0.2) is 53.6 Å². The maximum Gasteiger partial charge on any atom is 0.341 e. The van der Waals surface area contributed by atoms with Crippen LogP contribution in [-0.2, 0) is 15.0 Å². The van der Waals surface area contributed by atoms with Gasteiger partial charge in [-0.15, -0.1) is 0 Å². The van der Waals surface area contributed by atoms with Crippen molar-refractivity contribution in [3.8, 4) is 5.75 Å². The summed E-state index contributed by atoms with van der Waals surface area (Å²) in [6.45, 7) is 6.10. The van der Waals surface area contributed by atoms with E-state index >= 15 is 0 Å². The molecule has 1 saturated carbocycles. The van der Waals surface area contributed by atoms with Gasteiger partial charge in [-0.2, -0.15) is 5.10 Å². The lowest BCUT2D eigenvalue weighted by Gasteiger charge is -2.19. The topological polar surface area (TPSA) is 88.0 Å². The van der Waals surface area contributed by atoms with Crippen LogP contribution in [0.2, 0.25) is 0 Å². The monoisotopic (exact) mass is 394 g/mol. The smallest absolute Gasteiger partial charge is 0.341 e. The maximum atomic E-state index is 12.4. The lowest BCUT2D eigenvalue weighted by atomic mass is 9.86. The van der Waals surface area contributed by atoms with Crippen molar-refractivity contribution in [2.45, 2.75) is 38.5 Å². The first-order chi connectivity index (χ1) is 13.8. The number of ether oxygens (including phenoxy) is 1. The molecule has 152 valence electrons. The summed E-state index contributed by atoms with van der Waals surface area (Å²) in [5.41, 5.74) is 5.73. The fraction of sp³-hybridized carbons (Fsp3) is 0.348. The molecule has 2 atom stereocenters. The number of carboxylic acids is 1. The van der Waals surface area contributed by atoms with Crippen LogP contribution in [0.4, 0.5) is 0 Å². The Bertz CT molecular complexity index is 913. The van der Waals surface area contributed by atoms with Gasteiger partial charge in [-0.25, -0.2) is 10.2 Å². The molecule has 0 radical (unpaired) electrons. The Kier molecular flexibility index (Phi) is 6.01. The Balaban J connectivity index is 1.55. The number of hydrazone groups is 1. The predicted octanol–water partition coefficient (Wildman–Crippen LogP) is 3.70. The summed E-state index contributed by atoms with van der Waals surface area (Å²) in [5, 5.41) is 12.8. The van der Waals surface area contributed by atoms with E-state index < -0.39 is 12.6 Å². The minimum Gasteiger partial charge on any atom is -0.481 e. The number of benzene rings is 2. The molecule has 6 heteroatoms. The van der Waals surface area contributed by atoms with Gasteiger partial charge >= 0.3 is 5.97 Å². The zero-order chi connectivity index (χ0) is 21.0. The van der Waals surface area contributed by atoms with E-state index in [1.165, 1.54) is 17.3 Å². The standard InChI is InChI=1S/C23H26N2O4/c1-23(2,3)17-10-8-15(9-11-17)18-12-19(18)22(28)25-24-13-16-6-4-5-7-20(16)29-14-21(26)27/h4-11,13,18-19H,12,14H2,1-3H3,(H,25,28)(H,26,27)/b24-13-/t18-,19+/m0/s1. The van der Waals surface area contributed by atoms with E-state index in [2.05, 4.69) is 55.6 Å². The zero-order valence-electron chi connectivity index (χ0n) is 16.9. The number of carboxylic acid groups (broad SMARTS) is 1. The molecule has 6 nitrogen and oxygen atoms in total. The highest BCUT2D eigenvalue weighted by Crippen LogP contribution is 2.47. The Morgan fingerprint density at radius 3 is 2.52 bits per heavy atom. The number of amides is 1. The Morgan fingerprint density at radius 1 is 1.17 bits per heavy atom. The maximum absolute atomic E-state index is 12.4. The first-order valence-electron chi connectivity index (χ1n) is 9.62. The van der Waals surface area contributed by atoms with Gasteiger partial charge in [-0.3, -0.25) is 4.79 Å². The van der Waals surface area contributed by atoms with Crippen LogP contribution < -0.4 is 10.2 Å². The summed E-state index contributed by atoms with van der Waals surface area (Å²) in [5.74, 6) is -0.622. The largest absolute Gasteiger partial charge is 0.481 e. The third-order valence-electron chi connectivity index (χ3n) is 4.98. The Labute approximate surface area is 170 Å². The predicted molar refractivity (Wildman–Crippen MR) is 111 cm³/mol. The van der Waals surface area contributed by atoms with E-state index in [9.17, 15) is 9.59 Å². The molecule has 1 aliphatic carbocycles. The molecule has 0 aromatic heterocycles. The molecule has 0 saturated heterocycles. The molecular weight excluding hydrogens is 368 g/mol. The van der Waals surface area contributed by atoms with Crippen molar-refractivity contribution in [3.63, 3.8) is 0 Å². The summed E-state index contributed by atoms with van der Waals surface area (Å²) in [6, 6.07) is 15.4. The fourth-order valence-electron chi connectivity index (χ4n) is 3.19. The molecule has 1 aliphatic rings. The molecule has 0 heterocycles. The number of carbonyl (C=O) groups excluding carboxylic acids is 1. The molecule has 3 rings (SSSR count). The van der Waals surface area contributed by atoms with Crippen molar-refractivity contribution in [2.24, 2.45) is 11.0 Å². The van der Waals surface area contributed by atoms with Gasteiger partial charge in [0.15, 0.2) is 6.61 Å². The molecule has 0 bridgehead atoms. The molecule has 1 amide bonds. The highest BCUT2D eigenvalue weighted by Gasteiger charge is 2.44. The van der Waals surface area contributed by atoms with Crippen molar-refractivity contribution >= 4 is 18.1 Å². The lowest BCUT2D eigenvalue weighted by molar-refractivity contribution is -0.139. The van der Waals surface area contributed by atoms with Crippen molar-refractivity contribution in [2.75, 3.05) is 6.61 Å². The van der Waals surface area contributed by atoms with E-state index in [1.54, 1.807) is 24.3 Å². The Morgan fingerprint density at radius 2 is 1.86 bits per heavy atom. The van der Waals surface area contributed by atoms with Crippen LogP contribution in [0.5, 0.6) is 5.75 Å². The normalized spacial score (nSPS) is 18.4. The number of nitrogens with zero attached hydrogens (tertiary/aromatic N) is 1. The number of aliphatic carboxylic acids is 1. The van der Waals surface area contributed by atoms with E-state index in [1.807, 2.05) is 0 Å². The SMILES string of the molecule is CC(C)(C)c1ccc([C@@H]2C[C@H]2C(=O)N/N=C\c2ccccc2OCC(=O)O)cc1. The lowest BCUT2D eigenvalue weighted by Crippen LogP contribution is -2.20. The van der Waals surface area contributed by atoms with Crippen LogP contribution in [0, 0.1) is 5.92 Å². The first kappa shape index (κ1) is 20.6. The molecule has 2 aromatic carbocycles. The van der Waals surface area contributed by atoms with Gasteiger partial charge < -0.3 is 9.84 Å². The highest BCUT2D eigenvalue weighted by molar-refractivity contribution is 5.87. The highest BCUT2D eigenvalue weighted by atomic mass is 16.5. The average molecular weight is 394 g/mol.